The summed E-state index contributed by atoms with van der Waals surface area (Å²) in [5.41, 5.74) is 4.63. The third-order valence-electron chi connectivity index (χ3n) is 3.16. The van der Waals surface area contributed by atoms with Gasteiger partial charge in [0.25, 0.3) is 0 Å². The SMILES string of the molecule is CC(NC(=O)CNC1(C(N)=O)CC1)c1cccs1. The number of hydrogen-bond donors (Lipinski definition) is 3. The van der Waals surface area contributed by atoms with E-state index in [0.29, 0.717) is 0 Å². The Kier molecular flexibility index (Phi) is 3.68. The number of nitrogens with one attached hydrogen (secondary N) is 2. The molecule has 0 bridgehead atoms. The molecule has 0 radical (unpaired) electrons. The Morgan fingerprint density at radius 1 is 1.56 bits per heavy atom. The third-order valence-corrected chi connectivity index (χ3v) is 4.21. The number of amides is 2. The van der Waals surface area contributed by atoms with Crippen LogP contribution in [0.15, 0.2) is 17.5 Å². The van der Waals surface area contributed by atoms with Crippen LogP contribution < -0.4 is 16.4 Å². The van der Waals surface area contributed by atoms with Gasteiger partial charge in [0.2, 0.25) is 11.8 Å². The number of carbonyl (C=O) groups excluding carboxylic acids is 2. The quantitative estimate of drug-likeness (QED) is 0.703. The van der Waals surface area contributed by atoms with Crippen LogP contribution in [0, 0.1) is 0 Å². The van der Waals surface area contributed by atoms with Crippen LogP contribution in [0.2, 0.25) is 0 Å². The fourth-order valence-corrected chi connectivity index (χ4v) is 2.52. The monoisotopic (exact) mass is 267 g/mol. The number of hydrogen-bond acceptors (Lipinski definition) is 4. The summed E-state index contributed by atoms with van der Waals surface area (Å²) in [6, 6.07) is 3.92. The molecule has 1 fully saturated rings. The van der Waals surface area contributed by atoms with Gasteiger partial charge in [-0.05, 0) is 31.2 Å². The molecular formula is C12H17N3O2S. The van der Waals surface area contributed by atoms with E-state index in [9.17, 15) is 9.59 Å². The summed E-state index contributed by atoms with van der Waals surface area (Å²) >= 11 is 1.60. The molecule has 4 N–H and O–H groups in total. The van der Waals surface area contributed by atoms with Crippen molar-refractivity contribution in [2.45, 2.75) is 31.3 Å². The highest BCUT2D eigenvalue weighted by Gasteiger charge is 2.48. The zero-order valence-corrected chi connectivity index (χ0v) is 11.0. The fourth-order valence-electron chi connectivity index (χ4n) is 1.79. The maximum atomic E-state index is 11.7. The molecule has 1 atom stereocenters. The predicted octanol–water partition coefficient (Wildman–Crippen LogP) is 0.533. The van der Waals surface area contributed by atoms with Gasteiger partial charge in [-0.2, -0.15) is 0 Å². The predicted molar refractivity (Wildman–Crippen MR) is 70.0 cm³/mol. The minimum Gasteiger partial charge on any atom is -0.368 e. The molecule has 0 aliphatic heterocycles. The van der Waals surface area contributed by atoms with Crippen LogP contribution in [-0.4, -0.2) is 23.9 Å². The van der Waals surface area contributed by atoms with Crippen LogP contribution in [0.5, 0.6) is 0 Å². The lowest BCUT2D eigenvalue weighted by atomic mass is 10.2. The first-order valence-corrected chi connectivity index (χ1v) is 6.79. The number of primary amides is 1. The molecule has 1 aromatic heterocycles. The normalized spacial score (nSPS) is 18.1. The van der Waals surface area contributed by atoms with Gasteiger partial charge in [-0.3, -0.25) is 14.9 Å². The van der Waals surface area contributed by atoms with E-state index in [1.807, 2.05) is 24.4 Å². The van der Waals surface area contributed by atoms with E-state index in [-0.39, 0.29) is 24.4 Å². The molecule has 0 saturated heterocycles. The molecule has 1 unspecified atom stereocenters. The van der Waals surface area contributed by atoms with Gasteiger partial charge in [0, 0.05) is 4.88 Å². The van der Waals surface area contributed by atoms with Gasteiger partial charge in [-0.15, -0.1) is 11.3 Å². The van der Waals surface area contributed by atoms with E-state index >= 15 is 0 Å². The molecule has 1 heterocycles. The summed E-state index contributed by atoms with van der Waals surface area (Å²) in [7, 11) is 0. The standard InChI is InChI=1S/C12H17N3O2S/c1-8(9-3-2-6-18-9)15-10(16)7-14-12(4-5-12)11(13)17/h2-3,6,8,14H,4-5,7H2,1H3,(H2,13,17)(H,15,16). The van der Waals surface area contributed by atoms with E-state index in [1.54, 1.807) is 11.3 Å². The van der Waals surface area contributed by atoms with Gasteiger partial charge in [0.1, 0.15) is 0 Å². The maximum absolute atomic E-state index is 11.7. The second kappa shape index (κ2) is 5.07. The summed E-state index contributed by atoms with van der Waals surface area (Å²) in [6.45, 7) is 2.06. The third kappa shape index (κ3) is 2.88. The van der Waals surface area contributed by atoms with Crippen molar-refractivity contribution >= 4 is 23.2 Å². The number of thiophene rings is 1. The van der Waals surface area contributed by atoms with E-state index in [4.69, 9.17) is 5.73 Å². The Bertz CT molecular complexity index is 440. The molecule has 2 rings (SSSR count). The van der Waals surface area contributed by atoms with E-state index in [2.05, 4.69) is 10.6 Å². The lowest BCUT2D eigenvalue weighted by Crippen LogP contribution is -2.48. The molecule has 1 saturated carbocycles. The van der Waals surface area contributed by atoms with Gasteiger partial charge in [-0.1, -0.05) is 6.07 Å². The minimum absolute atomic E-state index is 0.0111. The van der Waals surface area contributed by atoms with Crippen molar-refractivity contribution in [1.82, 2.24) is 10.6 Å². The topological polar surface area (TPSA) is 84.2 Å². The first-order chi connectivity index (χ1) is 8.53. The van der Waals surface area contributed by atoms with Crippen LogP contribution >= 0.6 is 11.3 Å². The average molecular weight is 267 g/mol. The van der Waals surface area contributed by atoms with Crippen LogP contribution in [0.4, 0.5) is 0 Å². The number of carbonyl (C=O) groups is 2. The zero-order valence-electron chi connectivity index (χ0n) is 10.2. The highest BCUT2D eigenvalue weighted by atomic mass is 32.1. The van der Waals surface area contributed by atoms with Gasteiger partial charge in [-0.25, -0.2) is 0 Å². The summed E-state index contributed by atoms with van der Waals surface area (Å²) in [4.78, 5) is 24.0. The molecular weight excluding hydrogens is 250 g/mol. The molecule has 0 aromatic carbocycles. The van der Waals surface area contributed by atoms with Gasteiger partial charge in [0.05, 0.1) is 18.1 Å². The molecule has 1 aromatic rings. The second-order valence-corrected chi connectivity index (χ2v) is 5.58. The van der Waals surface area contributed by atoms with Crippen molar-refractivity contribution in [1.29, 1.82) is 0 Å². The van der Waals surface area contributed by atoms with E-state index < -0.39 is 5.54 Å². The summed E-state index contributed by atoms with van der Waals surface area (Å²) in [5.74, 6) is -0.495. The number of nitrogens with two attached hydrogens (primary N) is 1. The molecule has 18 heavy (non-hydrogen) atoms. The van der Waals surface area contributed by atoms with Crippen LogP contribution in [0.1, 0.15) is 30.7 Å². The Morgan fingerprint density at radius 2 is 2.28 bits per heavy atom. The van der Waals surface area contributed by atoms with E-state index in [1.165, 1.54) is 0 Å². The molecule has 1 aliphatic carbocycles. The fraction of sp³-hybridized carbons (Fsp3) is 0.500. The lowest BCUT2D eigenvalue weighted by molar-refractivity contribution is -0.122. The highest BCUT2D eigenvalue weighted by Crippen LogP contribution is 2.34. The largest absolute Gasteiger partial charge is 0.368 e. The Balaban J connectivity index is 1.78. The van der Waals surface area contributed by atoms with Crippen LogP contribution in [-0.2, 0) is 9.59 Å². The van der Waals surface area contributed by atoms with Gasteiger partial charge < -0.3 is 11.1 Å². The molecule has 6 heteroatoms. The molecule has 0 spiro atoms. The van der Waals surface area contributed by atoms with Crippen molar-refractivity contribution < 1.29 is 9.59 Å². The summed E-state index contributed by atoms with van der Waals surface area (Å²) in [6.07, 6.45) is 1.44. The van der Waals surface area contributed by atoms with E-state index in [0.717, 1.165) is 17.7 Å². The van der Waals surface area contributed by atoms with Crippen molar-refractivity contribution in [3.8, 4) is 0 Å². The van der Waals surface area contributed by atoms with Crippen molar-refractivity contribution in [3.05, 3.63) is 22.4 Å². The zero-order chi connectivity index (χ0) is 13.2. The molecule has 1 aliphatic rings. The van der Waals surface area contributed by atoms with Crippen LogP contribution in [0.25, 0.3) is 0 Å². The molecule has 98 valence electrons. The van der Waals surface area contributed by atoms with Crippen molar-refractivity contribution in [2.24, 2.45) is 5.73 Å². The Labute approximate surface area is 110 Å². The smallest absolute Gasteiger partial charge is 0.237 e. The summed E-state index contributed by atoms with van der Waals surface area (Å²) < 4.78 is 0. The Morgan fingerprint density at radius 3 is 2.78 bits per heavy atom. The van der Waals surface area contributed by atoms with Gasteiger partial charge >= 0.3 is 0 Å². The highest BCUT2D eigenvalue weighted by molar-refractivity contribution is 7.10. The average Bonchev–Trinajstić information content (AvgIpc) is 2.92. The van der Waals surface area contributed by atoms with Crippen molar-refractivity contribution in [2.75, 3.05) is 6.54 Å². The second-order valence-electron chi connectivity index (χ2n) is 4.60. The minimum atomic E-state index is -0.635. The van der Waals surface area contributed by atoms with Crippen LogP contribution in [0.3, 0.4) is 0 Å². The first kappa shape index (κ1) is 13.0. The number of rotatable bonds is 6. The Hall–Kier alpha value is -1.40. The van der Waals surface area contributed by atoms with Crippen molar-refractivity contribution in [3.63, 3.8) is 0 Å². The lowest BCUT2D eigenvalue weighted by Gasteiger charge is -2.15. The van der Waals surface area contributed by atoms with Gasteiger partial charge in [0.15, 0.2) is 0 Å². The maximum Gasteiger partial charge on any atom is 0.237 e. The molecule has 5 nitrogen and oxygen atoms in total. The first-order valence-electron chi connectivity index (χ1n) is 5.91. The summed E-state index contributed by atoms with van der Waals surface area (Å²) in [5, 5.41) is 7.79. The molecule has 2 amide bonds.